The highest BCUT2D eigenvalue weighted by Gasteiger charge is 2.09. The average Bonchev–Trinajstić information content (AvgIpc) is 2.09. The minimum absolute atomic E-state index is 0.112. The lowest BCUT2D eigenvalue weighted by atomic mass is 10.2. The van der Waals surface area contributed by atoms with Gasteiger partial charge in [0, 0.05) is 10.7 Å². The molecule has 0 fully saturated rings. The van der Waals surface area contributed by atoms with Gasteiger partial charge in [-0.05, 0) is 37.6 Å². The lowest BCUT2D eigenvalue weighted by Gasteiger charge is -2.09. The van der Waals surface area contributed by atoms with Crippen LogP contribution < -0.4 is 5.32 Å². The van der Waals surface area contributed by atoms with Crippen LogP contribution >= 0.6 is 24.2 Å². The van der Waals surface area contributed by atoms with Crippen LogP contribution in [0.4, 0.5) is 5.69 Å². The maximum absolute atomic E-state index is 11.3. The van der Waals surface area contributed by atoms with Gasteiger partial charge in [-0.25, -0.2) is 0 Å². The zero-order valence-electron chi connectivity index (χ0n) is 8.04. The number of anilines is 1. The predicted molar refractivity (Wildman–Crippen MR) is 63.3 cm³/mol. The molecule has 1 aromatic carbocycles. The molecule has 0 spiro atoms. The number of rotatable bonds is 2. The number of halogens is 1. The Hall–Kier alpha value is -0.670. The third-order valence-electron chi connectivity index (χ3n) is 1.83. The van der Waals surface area contributed by atoms with Crippen LogP contribution in [-0.4, -0.2) is 11.2 Å². The normalized spacial score (nSPS) is 12.3. The summed E-state index contributed by atoms with van der Waals surface area (Å²) < 4.78 is 0. The van der Waals surface area contributed by atoms with Crippen molar-refractivity contribution in [1.29, 1.82) is 0 Å². The lowest BCUT2D eigenvalue weighted by Crippen LogP contribution is -2.20. The quantitative estimate of drug-likeness (QED) is 0.751. The zero-order valence-corrected chi connectivity index (χ0v) is 9.69. The molecule has 1 rings (SSSR count). The summed E-state index contributed by atoms with van der Waals surface area (Å²) in [6.45, 7) is 3.62. The first kappa shape index (κ1) is 11.4. The summed E-state index contributed by atoms with van der Waals surface area (Å²) in [7, 11) is 0. The van der Waals surface area contributed by atoms with E-state index < -0.39 is 0 Å². The molecule has 1 atom stereocenters. The molecule has 0 saturated heterocycles. The van der Waals surface area contributed by atoms with Gasteiger partial charge in [0.25, 0.3) is 0 Å². The summed E-state index contributed by atoms with van der Waals surface area (Å²) in [6, 6.07) is 5.33. The van der Waals surface area contributed by atoms with Crippen molar-refractivity contribution >= 4 is 35.8 Å². The Morgan fingerprint density at radius 3 is 2.71 bits per heavy atom. The van der Waals surface area contributed by atoms with Crippen molar-refractivity contribution in [2.75, 3.05) is 5.32 Å². The number of thiol groups is 1. The summed E-state index contributed by atoms with van der Waals surface area (Å²) in [5, 5.41) is 3.11. The summed E-state index contributed by atoms with van der Waals surface area (Å²) >= 11 is 9.83. The van der Waals surface area contributed by atoms with Crippen molar-refractivity contribution < 1.29 is 4.79 Å². The van der Waals surface area contributed by atoms with Crippen LogP contribution in [0.2, 0.25) is 5.02 Å². The van der Waals surface area contributed by atoms with Crippen LogP contribution in [0.15, 0.2) is 18.2 Å². The van der Waals surface area contributed by atoms with E-state index in [1.54, 1.807) is 25.1 Å². The summed E-state index contributed by atoms with van der Waals surface area (Å²) in [5.74, 6) is -0.112. The van der Waals surface area contributed by atoms with Gasteiger partial charge in [-0.1, -0.05) is 11.6 Å². The van der Waals surface area contributed by atoms with Crippen molar-refractivity contribution in [1.82, 2.24) is 0 Å². The molecule has 0 radical (unpaired) electrons. The van der Waals surface area contributed by atoms with Gasteiger partial charge in [0.1, 0.15) is 0 Å². The Labute approximate surface area is 94.1 Å². The first-order chi connectivity index (χ1) is 6.50. The number of carbonyl (C=O) groups excluding carboxylic acids is 1. The first-order valence-corrected chi connectivity index (χ1v) is 5.15. The molecule has 4 heteroatoms. The summed E-state index contributed by atoms with van der Waals surface area (Å²) in [6.07, 6.45) is 0. The van der Waals surface area contributed by atoms with Crippen LogP contribution in [0.25, 0.3) is 0 Å². The summed E-state index contributed by atoms with van der Waals surface area (Å²) in [5.41, 5.74) is 1.72. The molecule has 0 aromatic heterocycles. The number of carbonyl (C=O) groups is 1. The first-order valence-electron chi connectivity index (χ1n) is 4.26. The number of benzene rings is 1. The Balaban J connectivity index is 2.82. The van der Waals surface area contributed by atoms with Crippen molar-refractivity contribution in [3.63, 3.8) is 0 Å². The molecule has 0 heterocycles. The van der Waals surface area contributed by atoms with Crippen LogP contribution in [0.1, 0.15) is 12.5 Å². The van der Waals surface area contributed by atoms with Gasteiger partial charge in [-0.2, -0.15) is 12.6 Å². The predicted octanol–water partition coefficient (Wildman–Crippen LogP) is 2.91. The van der Waals surface area contributed by atoms with Crippen LogP contribution in [-0.2, 0) is 4.79 Å². The molecule has 1 unspecified atom stereocenters. The van der Waals surface area contributed by atoms with Crippen LogP contribution in [0.3, 0.4) is 0 Å². The van der Waals surface area contributed by atoms with Gasteiger partial charge in [0.2, 0.25) is 5.91 Å². The molecule has 0 aliphatic carbocycles. The molecule has 1 aromatic rings. The van der Waals surface area contributed by atoms with Crippen molar-refractivity contribution in [3.05, 3.63) is 28.8 Å². The maximum Gasteiger partial charge on any atom is 0.236 e. The second-order valence-electron chi connectivity index (χ2n) is 3.12. The van der Waals surface area contributed by atoms with Gasteiger partial charge in [0.05, 0.1) is 5.25 Å². The molecular formula is C10H12ClNOS. The van der Waals surface area contributed by atoms with Crippen molar-refractivity contribution in [3.8, 4) is 0 Å². The number of amides is 1. The Bertz CT molecular complexity index is 352. The van der Waals surface area contributed by atoms with Crippen LogP contribution in [0.5, 0.6) is 0 Å². The minimum Gasteiger partial charge on any atom is -0.325 e. The van der Waals surface area contributed by atoms with E-state index in [2.05, 4.69) is 17.9 Å². The third-order valence-corrected chi connectivity index (χ3v) is 2.30. The zero-order chi connectivity index (χ0) is 10.7. The highest BCUT2D eigenvalue weighted by molar-refractivity contribution is 7.81. The van der Waals surface area contributed by atoms with Crippen LogP contribution in [0, 0.1) is 6.92 Å². The van der Waals surface area contributed by atoms with E-state index in [-0.39, 0.29) is 11.2 Å². The fourth-order valence-corrected chi connectivity index (χ4v) is 1.30. The van der Waals surface area contributed by atoms with Gasteiger partial charge in [0.15, 0.2) is 0 Å². The molecule has 0 bridgehead atoms. The highest BCUT2D eigenvalue weighted by atomic mass is 35.5. The maximum atomic E-state index is 11.3. The lowest BCUT2D eigenvalue weighted by molar-refractivity contribution is -0.115. The fourth-order valence-electron chi connectivity index (χ4n) is 1.00. The van der Waals surface area contributed by atoms with E-state index in [0.717, 1.165) is 11.3 Å². The molecular weight excluding hydrogens is 218 g/mol. The molecule has 0 aliphatic heterocycles. The van der Waals surface area contributed by atoms with E-state index in [0.29, 0.717) is 5.02 Å². The van der Waals surface area contributed by atoms with Crippen molar-refractivity contribution in [2.45, 2.75) is 19.1 Å². The molecule has 0 saturated carbocycles. The molecule has 76 valence electrons. The number of hydrogen-bond donors (Lipinski definition) is 2. The number of aryl methyl sites for hydroxylation is 1. The Kier molecular flexibility index (Phi) is 3.84. The SMILES string of the molecule is Cc1cc(Cl)ccc1NC(=O)C(C)S. The van der Waals surface area contributed by atoms with Crippen molar-refractivity contribution in [2.24, 2.45) is 0 Å². The third kappa shape index (κ3) is 2.93. The number of hydrogen-bond acceptors (Lipinski definition) is 2. The second-order valence-corrected chi connectivity index (χ2v) is 4.34. The molecule has 2 nitrogen and oxygen atoms in total. The standard InChI is InChI=1S/C10H12ClNOS/c1-6-5-8(11)3-4-9(6)12-10(13)7(2)14/h3-5,7,14H,1-2H3,(H,12,13). The topological polar surface area (TPSA) is 29.1 Å². The van der Waals surface area contributed by atoms with E-state index in [4.69, 9.17) is 11.6 Å². The second kappa shape index (κ2) is 4.71. The van der Waals surface area contributed by atoms with Gasteiger partial charge >= 0.3 is 0 Å². The van der Waals surface area contributed by atoms with E-state index in [1.165, 1.54) is 0 Å². The summed E-state index contributed by atoms with van der Waals surface area (Å²) in [4.78, 5) is 11.3. The minimum atomic E-state index is -0.315. The largest absolute Gasteiger partial charge is 0.325 e. The van der Waals surface area contributed by atoms with E-state index in [9.17, 15) is 4.79 Å². The molecule has 0 aliphatic rings. The smallest absolute Gasteiger partial charge is 0.236 e. The number of nitrogens with one attached hydrogen (secondary N) is 1. The Morgan fingerprint density at radius 2 is 2.21 bits per heavy atom. The average molecular weight is 230 g/mol. The van der Waals surface area contributed by atoms with Gasteiger partial charge < -0.3 is 5.32 Å². The highest BCUT2D eigenvalue weighted by Crippen LogP contribution is 2.19. The monoisotopic (exact) mass is 229 g/mol. The van der Waals surface area contributed by atoms with E-state index in [1.807, 2.05) is 6.92 Å². The fraction of sp³-hybridized carbons (Fsp3) is 0.300. The van der Waals surface area contributed by atoms with E-state index >= 15 is 0 Å². The molecule has 1 N–H and O–H groups in total. The van der Waals surface area contributed by atoms with Gasteiger partial charge in [-0.15, -0.1) is 0 Å². The van der Waals surface area contributed by atoms with Gasteiger partial charge in [-0.3, -0.25) is 4.79 Å². The molecule has 1 amide bonds. The molecule has 14 heavy (non-hydrogen) atoms. The Morgan fingerprint density at radius 1 is 1.57 bits per heavy atom.